The van der Waals surface area contributed by atoms with Crippen LogP contribution in [0.4, 0.5) is 0 Å². The Labute approximate surface area is 233 Å². The van der Waals surface area contributed by atoms with E-state index in [4.69, 9.17) is 14.6 Å². The third-order valence-electron chi connectivity index (χ3n) is 8.55. The number of benzene rings is 3. The van der Waals surface area contributed by atoms with Gasteiger partial charge in [-0.3, -0.25) is 4.90 Å². The molecule has 1 aliphatic heterocycles. The first-order valence-corrected chi connectivity index (χ1v) is 15.5. The molecule has 6 nitrogen and oxygen atoms in total. The van der Waals surface area contributed by atoms with Crippen molar-refractivity contribution in [1.29, 1.82) is 0 Å². The fourth-order valence-electron chi connectivity index (χ4n) is 6.48. The van der Waals surface area contributed by atoms with Crippen molar-refractivity contribution in [2.75, 3.05) is 20.2 Å². The number of likely N-dealkylation sites (tertiary alicyclic amines) is 1. The van der Waals surface area contributed by atoms with Crippen LogP contribution >= 0.6 is 0 Å². The average Bonchev–Trinajstić information content (AvgIpc) is 3.55. The Bertz CT molecular complexity index is 1370. The number of primary sulfonamides is 1. The molecule has 0 bridgehead atoms. The van der Waals surface area contributed by atoms with Crippen LogP contribution < -0.4 is 14.6 Å². The van der Waals surface area contributed by atoms with Crippen LogP contribution in [0, 0.1) is 5.41 Å². The fraction of sp³-hybridized carbons (Fsp3) is 0.438. The van der Waals surface area contributed by atoms with Crippen molar-refractivity contribution in [3.8, 4) is 11.5 Å². The van der Waals surface area contributed by atoms with Gasteiger partial charge in [0.05, 0.1) is 18.1 Å². The smallest absolute Gasteiger partial charge is 0.238 e. The molecule has 1 aliphatic carbocycles. The van der Waals surface area contributed by atoms with Gasteiger partial charge in [-0.25, -0.2) is 13.6 Å². The molecule has 0 unspecified atom stereocenters. The molecule has 1 heterocycles. The highest BCUT2D eigenvalue weighted by molar-refractivity contribution is 7.89. The van der Waals surface area contributed by atoms with Crippen molar-refractivity contribution in [2.24, 2.45) is 10.6 Å². The molecule has 2 N–H and O–H groups in total. The second-order valence-corrected chi connectivity index (χ2v) is 13.0. The van der Waals surface area contributed by atoms with E-state index in [2.05, 4.69) is 48.2 Å². The summed E-state index contributed by atoms with van der Waals surface area (Å²) in [6, 6.07) is 24.1. The van der Waals surface area contributed by atoms with Gasteiger partial charge in [0.1, 0.15) is 0 Å². The topological polar surface area (TPSA) is 81.9 Å². The van der Waals surface area contributed by atoms with Crippen LogP contribution in [0.15, 0.2) is 77.7 Å². The Morgan fingerprint density at radius 2 is 1.69 bits per heavy atom. The Kier molecular flexibility index (Phi) is 8.31. The Morgan fingerprint density at radius 1 is 0.974 bits per heavy atom. The van der Waals surface area contributed by atoms with E-state index in [0.717, 1.165) is 56.0 Å². The van der Waals surface area contributed by atoms with Gasteiger partial charge in [0.2, 0.25) is 10.0 Å². The highest BCUT2D eigenvalue weighted by atomic mass is 32.2. The first-order valence-electron chi connectivity index (χ1n) is 14.0. The summed E-state index contributed by atoms with van der Waals surface area (Å²) in [5.41, 5.74) is 3.22. The van der Waals surface area contributed by atoms with E-state index < -0.39 is 10.0 Å². The summed E-state index contributed by atoms with van der Waals surface area (Å²) in [5, 5.41) is 5.55. The van der Waals surface area contributed by atoms with Crippen molar-refractivity contribution >= 4 is 10.0 Å². The minimum atomic E-state index is -3.78. The molecule has 3 aromatic carbocycles. The third kappa shape index (κ3) is 6.48. The van der Waals surface area contributed by atoms with Gasteiger partial charge in [-0.05, 0) is 78.8 Å². The van der Waals surface area contributed by atoms with Crippen molar-refractivity contribution in [3.05, 3.63) is 89.5 Å². The summed E-state index contributed by atoms with van der Waals surface area (Å²) >= 11 is 0. The molecule has 0 amide bonds. The number of rotatable bonds is 10. The molecule has 0 radical (unpaired) electrons. The average molecular weight is 549 g/mol. The van der Waals surface area contributed by atoms with Crippen molar-refractivity contribution in [1.82, 2.24) is 4.90 Å². The molecule has 0 aromatic heterocycles. The van der Waals surface area contributed by atoms with E-state index in [1.54, 1.807) is 19.2 Å². The van der Waals surface area contributed by atoms with Gasteiger partial charge in [-0.2, -0.15) is 0 Å². The van der Waals surface area contributed by atoms with Crippen molar-refractivity contribution in [3.63, 3.8) is 0 Å². The van der Waals surface area contributed by atoms with Crippen LogP contribution in [-0.4, -0.2) is 39.6 Å². The van der Waals surface area contributed by atoms with Gasteiger partial charge in [-0.1, -0.05) is 61.5 Å². The zero-order chi connectivity index (χ0) is 27.5. The molecule has 2 aliphatic rings. The lowest BCUT2D eigenvalue weighted by molar-refractivity contribution is 0.200. The minimum absolute atomic E-state index is 0.0839. The van der Waals surface area contributed by atoms with E-state index in [1.807, 2.05) is 24.3 Å². The normalized spacial score (nSPS) is 22.3. The number of nitrogens with two attached hydrogens (primary N) is 1. The summed E-state index contributed by atoms with van der Waals surface area (Å²) in [7, 11) is -2.09. The van der Waals surface area contributed by atoms with Crippen LogP contribution in [0.1, 0.15) is 61.6 Å². The summed E-state index contributed by atoms with van der Waals surface area (Å²) in [4.78, 5) is 2.74. The van der Waals surface area contributed by atoms with E-state index in [1.165, 1.54) is 24.0 Å². The number of nitrogens with zero attached hydrogens (tertiary/aromatic N) is 1. The fourth-order valence-corrected chi connectivity index (χ4v) is 7.29. The van der Waals surface area contributed by atoms with Gasteiger partial charge >= 0.3 is 0 Å². The summed E-state index contributed by atoms with van der Waals surface area (Å²) in [6.07, 6.45) is 6.31. The predicted molar refractivity (Wildman–Crippen MR) is 155 cm³/mol. The molecule has 2 fully saturated rings. The molecule has 208 valence electrons. The van der Waals surface area contributed by atoms with Gasteiger partial charge in [0.25, 0.3) is 0 Å². The molecule has 3 aromatic rings. The van der Waals surface area contributed by atoms with Crippen molar-refractivity contribution < 1.29 is 17.9 Å². The van der Waals surface area contributed by atoms with Crippen molar-refractivity contribution in [2.45, 2.75) is 68.9 Å². The molecular formula is C32H40N2O4S. The van der Waals surface area contributed by atoms with E-state index >= 15 is 0 Å². The van der Waals surface area contributed by atoms with Crippen LogP contribution in [0.25, 0.3) is 0 Å². The zero-order valence-corrected chi connectivity index (χ0v) is 23.8. The van der Waals surface area contributed by atoms with E-state index in [-0.39, 0.29) is 22.3 Å². The quantitative estimate of drug-likeness (QED) is 0.341. The van der Waals surface area contributed by atoms with Crippen LogP contribution in [-0.2, 0) is 23.0 Å². The number of sulfonamides is 1. The highest BCUT2D eigenvalue weighted by Crippen LogP contribution is 2.48. The first kappa shape index (κ1) is 27.7. The Morgan fingerprint density at radius 3 is 2.41 bits per heavy atom. The third-order valence-corrected chi connectivity index (χ3v) is 9.56. The Balaban J connectivity index is 1.44. The molecule has 1 saturated carbocycles. The maximum Gasteiger partial charge on any atom is 0.238 e. The zero-order valence-electron chi connectivity index (χ0n) is 23.0. The summed E-state index contributed by atoms with van der Waals surface area (Å²) < 4.78 is 36.6. The summed E-state index contributed by atoms with van der Waals surface area (Å²) in [6.45, 7) is 5.04. The largest absolute Gasteiger partial charge is 0.493 e. The maximum atomic E-state index is 12.3. The summed E-state index contributed by atoms with van der Waals surface area (Å²) in [5.74, 6) is 1.85. The van der Waals surface area contributed by atoms with Gasteiger partial charge in [-0.15, -0.1) is 0 Å². The number of aryl methyl sites for hydroxylation is 1. The monoisotopic (exact) mass is 548 g/mol. The maximum absolute atomic E-state index is 12.3. The molecule has 39 heavy (non-hydrogen) atoms. The standard InChI is InChI=1S/C32H40N2O4S/c1-32(19-18-25-12-6-9-15-31(25)39(33,35)36)23-34(21-24-10-4-3-5-11-24)22-28(32)26-16-17-29(37-2)30(20-26)38-27-13-7-8-14-27/h3-6,9-12,15-17,20,27-28H,7-8,13-14,18-19,21-23H2,1-2H3,(H2,33,35,36)/t28-,32+/m0/s1. The molecule has 1 saturated heterocycles. The lowest BCUT2D eigenvalue weighted by Crippen LogP contribution is -2.27. The second-order valence-electron chi connectivity index (χ2n) is 11.4. The molecular weight excluding hydrogens is 508 g/mol. The number of hydrogen-bond acceptors (Lipinski definition) is 5. The first-order chi connectivity index (χ1) is 18.7. The van der Waals surface area contributed by atoms with E-state index in [9.17, 15) is 8.42 Å². The Hall–Kier alpha value is -2.87. The molecule has 2 atom stereocenters. The van der Waals surface area contributed by atoms with Gasteiger partial charge in [0, 0.05) is 25.6 Å². The lowest BCUT2D eigenvalue weighted by Gasteiger charge is -2.32. The highest BCUT2D eigenvalue weighted by Gasteiger charge is 2.43. The van der Waals surface area contributed by atoms with Gasteiger partial charge in [0.15, 0.2) is 11.5 Å². The number of hydrogen-bond donors (Lipinski definition) is 1. The number of ether oxygens (including phenoxy) is 2. The number of methoxy groups -OCH3 is 1. The molecule has 0 spiro atoms. The second kappa shape index (κ2) is 11.7. The SMILES string of the molecule is COc1ccc([C@@H]2CN(Cc3ccccc3)C[C@@]2(C)CCc2ccccc2S(N)(=O)=O)cc1OC1CCCC1. The predicted octanol–water partition coefficient (Wildman–Crippen LogP) is 5.90. The van der Waals surface area contributed by atoms with Crippen LogP contribution in [0.3, 0.4) is 0 Å². The van der Waals surface area contributed by atoms with E-state index in [0.29, 0.717) is 6.42 Å². The molecule has 5 rings (SSSR count). The molecule has 7 heteroatoms. The minimum Gasteiger partial charge on any atom is -0.493 e. The van der Waals surface area contributed by atoms with Gasteiger partial charge < -0.3 is 9.47 Å². The van der Waals surface area contributed by atoms with Crippen LogP contribution in [0.2, 0.25) is 0 Å². The van der Waals surface area contributed by atoms with Crippen LogP contribution in [0.5, 0.6) is 11.5 Å². The lowest BCUT2D eigenvalue weighted by atomic mass is 9.72.